The van der Waals surface area contributed by atoms with Gasteiger partial charge in [-0.05, 0) is 13.8 Å². The molecule has 0 unspecified atom stereocenters. The van der Waals surface area contributed by atoms with Crippen LogP contribution < -0.4 is 0 Å². The van der Waals surface area contributed by atoms with E-state index in [0.29, 0.717) is 0 Å². The summed E-state index contributed by atoms with van der Waals surface area (Å²) in [6, 6.07) is 0. The Balaban J connectivity index is 0. The minimum Gasteiger partial charge on any atom is -0.478 e. The van der Waals surface area contributed by atoms with Gasteiger partial charge in [0.05, 0.1) is 0 Å². The lowest BCUT2D eigenvalue weighted by molar-refractivity contribution is -0.131. The van der Waals surface area contributed by atoms with Gasteiger partial charge >= 0.3 is 5.97 Å². The van der Waals surface area contributed by atoms with Gasteiger partial charge < -0.3 is 5.11 Å². The molecule has 0 atom stereocenters. The van der Waals surface area contributed by atoms with Crippen molar-refractivity contribution in [1.82, 2.24) is 0 Å². The minimum absolute atomic E-state index is 0.750. The maximum atomic E-state index is 9.73. The molecule has 0 saturated heterocycles. The molecule has 0 fully saturated rings. The summed E-state index contributed by atoms with van der Waals surface area (Å²) in [6.07, 6.45) is 1.92. The summed E-state index contributed by atoms with van der Waals surface area (Å²) in [5.41, 5.74) is 0.813. The van der Waals surface area contributed by atoms with Crippen molar-refractivity contribution in [3.05, 3.63) is 11.6 Å². The monoisotopic (exact) mass is 143 g/mol. The van der Waals surface area contributed by atoms with Crippen LogP contribution in [0.25, 0.3) is 0 Å². The van der Waals surface area contributed by atoms with Crippen molar-refractivity contribution in [3.63, 3.8) is 0 Å². The maximum absolute atomic E-state index is 9.73. The second-order valence-corrected chi connectivity index (χ2v) is 1.66. The van der Waals surface area contributed by atoms with Crippen LogP contribution in [0.1, 0.15) is 13.8 Å². The Morgan fingerprint density at radius 3 is 1.90 bits per heavy atom. The first-order valence-corrected chi connectivity index (χ1v) is 2.46. The first-order valence-electron chi connectivity index (χ1n) is 2.46. The molecule has 4 heteroatoms. The molecule has 0 aliphatic heterocycles. The lowest BCUT2D eigenvalue weighted by atomic mass is 10.3. The molecule has 10 heavy (non-hydrogen) atoms. The third kappa shape index (κ3) is 30.7. The van der Waals surface area contributed by atoms with E-state index in [-0.39, 0.29) is 0 Å². The van der Waals surface area contributed by atoms with Gasteiger partial charge in [-0.2, -0.15) is 0 Å². The molecule has 0 aromatic heterocycles. The zero-order chi connectivity index (χ0) is 8.57. The average molecular weight is 143 g/mol. The van der Waals surface area contributed by atoms with E-state index in [0.717, 1.165) is 11.7 Å². The van der Waals surface area contributed by atoms with Gasteiger partial charge in [-0.15, -0.1) is 0 Å². The van der Waals surface area contributed by atoms with Crippen molar-refractivity contribution in [2.24, 2.45) is 0 Å². The second-order valence-electron chi connectivity index (χ2n) is 1.66. The van der Waals surface area contributed by atoms with Crippen LogP contribution in [0.2, 0.25) is 0 Å². The Morgan fingerprint density at radius 1 is 1.60 bits per heavy atom. The first-order chi connectivity index (χ1) is 4.54. The number of rotatable bonds is 1. The molecule has 0 spiro atoms. The summed E-state index contributed by atoms with van der Waals surface area (Å²) in [4.78, 5) is 18.1. The van der Waals surface area contributed by atoms with Gasteiger partial charge in [0.2, 0.25) is 6.08 Å². The lowest BCUT2D eigenvalue weighted by Crippen LogP contribution is -1.86. The molecule has 0 heterocycles. The van der Waals surface area contributed by atoms with Gasteiger partial charge in [-0.1, -0.05) is 5.57 Å². The quantitative estimate of drug-likeness (QED) is 0.325. The first kappa shape index (κ1) is 11.4. The minimum atomic E-state index is -0.875. The van der Waals surface area contributed by atoms with E-state index in [9.17, 15) is 4.79 Å². The number of aliphatic carboxylic acids is 1. The Bertz CT molecular complexity index is 162. The molecule has 2 N–H and O–H groups in total. The SMILES string of the molecule is CC(C)=CC(=O)O.N=C=O. The van der Waals surface area contributed by atoms with Crippen molar-refractivity contribution < 1.29 is 14.7 Å². The topological polar surface area (TPSA) is 78.2 Å². The molecule has 0 bridgehead atoms. The predicted octanol–water partition coefficient (Wildman–Crippen LogP) is 0.938. The normalized spacial score (nSPS) is 6.20. The summed E-state index contributed by atoms with van der Waals surface area (Å²) in [5.74, 6) is -0.875. The molecule has 0 rings (SSSR count). The fourth-order valence-electron chi connectivity index (χ4n) is 0.247. The molecule has 0 radical (unpaired) electrons. The third-order valence-corrected chi connectivity index (χ3v) is 0.412. The Morgan fingerprint density at radius 2 is 1.90 bits per heavy atom. The average Bonchev–Trinajstić information content (AvgIpc) is 1.62. The number of carboxylic acids is 1. The third-order valence-electron chi connectivity index (χ3n) is 0.412. The fourth-order valence-corrected chi connectivity index (χ4v) is 0.247. The fraction of sp³-hybridized carbons (Fsp3) is 0.333. The number of carboxylic acid groups (broad SMARTS) is 1. The van der Waals surface area contributed by atoms with Crippen molar-refractivity contribution in [2.45, 2.75) is 13.8 Å². The van der Waals surface area contributed by atoms with Crippen molar-refractivity contribution in [1.29, 1.82) is 5.41 Å². The highest BCUT2D eigenvalue weighted by molar-refractivity contribution is 5.80. The van der Waals surface area contributed by atoms with Gasteiger partial charge in [0, 0.05) is 6.08 Å². The number of allylic oxidation sites excluding steroid dienone is 1. The van der Waals surface area contributed by atoms with Gasteiger partial charge in [-0.25, -0.2) is 15.0 Å². The molecular formula is C6H9NO3. The summed E-state index contributed by atoms with van der Waals surface area (Å²) in [6.45, 7) is 3.49. The van der Waals surface area contributed by atoms with E-state index < -0.39 is 5.97 Å². The van der Waals surface area contributed by atoms with Crippen LogP contribution in [-0.4, -0.2) is 17.2 Å². The summed E-state index contributed by atoms with van der Waals surface area (Å²) < 4.78 is 0. The van der Waals surface area contributed by atoms with Crippen molar-refractivity contribution in [2.75, 3.05) is 0 Å². The maximum Gasteiger partial charge on any atom is 0.328 e. The van der Waals surface area contributed by atoms with Crippen LogP contribution in [0.3, 0.4) is 0 Å². The molecule has 0 aliphatic rings. The molecule has 0 aromatic rings. The van der Waals surface area contributed by atoms with Gasteiger partial charge in [0.1, 0.15) is 0 Å². The molecule has 0 amide bonds. The van der Waals surface area contributed by atoms with Crippen LogP contribution in [0.5, 0.6) is 0 Å². The predicted molar refractivity (Wildman–Crippen MR) is 35.5 cm³/mol. The lowest BCUT2D eigenvalue weighted by Gasteiger charge is -1.79. The van der Waals surface area contributed by atoms with Gasteiger partial charge in [0.25, 0.3) is 0 Å². The standard InChI is InChI=1S/C5H8O2.CHNO/c1-4(2)3-5(6)7;2-1-3/h3H,1-2H3,(H,6,7);2H. The number of carbonyl (C=O) groups is 1. The number of isocyanates is 1. The zero-order valence-corrected chi connectivity index (χ0v) is 5.84. The van der Waals surface area contributed by atoms with E-state index >= 15 is 0 Å². The summed E-state index contributed by atoms with van der Waals surface area (Å²) in [5, 5.41) is 13.4. The van der Waals surface area contributed by atoms with Crippen LogP contribution in [-0.2, 0) is 9.59 Å². The Labute approximate surface area is 58.7 Å². The number of hydrogen-bond acceptors (Lipinski definition) is 3. The van der Waals surface area contributed by atoms with Crippen molar-refractivity contribution in [3.8, 4) is 0 Å². The smallest absolute Gasteiger partial charge is 0.328 e. The van der Waals surface area contributed by atoms with E-state index in [4.69, 9.17) is 15.3 Å². The summed E-state index contributed by atoms with van der Waals surface area (Å²) in [7, 11) is 0. The van der Waals surface area contributed by atoms with Crippen LogP contribution in [0.4, 0.5) is 0 Å². The number of hydrogen-bond donors (Lipinski definition) is 2. The summed E-state index contributed by atoms with van der Waals surface area (Å²) >= 11 is 0. The largest absolute Gasteiger partial charge is 0.478 e. The molecule has 4 nitrogen and oxygen atoms in total. The Kier molecular flexibility index (Phi) is 8.65. The highest BCUT2D eigenvalue weighted by Crippen LogP contribution is 1.85. The van der Waals surface area contributed by atoms with Crippen LogP contribution in [0, 0.1) is 5.41 Å². The molecule has 0 saturated carbocycles. The van der Waals surface area contributed by atoms with Gasteiger partial charge in [0.15, 0.2) is 0 Å². The van der Waals surface area contributed by atoms with Crippen LogP contribution >= 0.6 is 0 Å². The molecule has 56 valence electrons. The molecule has 0 aliphatic carbocycles. The van der Waals surface area contributed by atoms with E-state index in [1.807, 2.05) is 0 Å². The zero-order valence-electron chi connectivity index (χ0n) is 5.84. The second kappa shape index (κ2) is 7.59. The number of nitrogens with one attached hydrogen (secondary N) is 1. The van der Waals surface area contributed by atoms with Crippen LogP contribution in [0.15, 0.2) is 11.6 Å². The molecular weight excluding hydrogens is 134 g/mol. The molecule has 0 aromatic carbocycles. The van der Waals surface area contributed by atoms with E-state index in [1.165, 1.54) is 6.08 Å². The van der Waals surface area contributed by atoms with Crippen molar-refractivity contribution >= 4 is 12.0 Å². The van der Waals surface area contributed by atoms with E-state index in [1.54, 1.807) is 13.8 Å². The Hall–Kier alpha value is -1.41. The van der Waals surface area contributed by atoms with E-state index in [2.05, 4.69) is 0 Å². The van der Waals surface area contributed by atoms with Gasteiger partial charge in [-0.3, -0.25) is 0 Å². The number of carbonyl (C=O) groups excluding carboxylic acids is 1. The highest BCUT2D eigenvalue weighted by atomic mass is 16.4. The highest BCUT2D eigenvalue weighted by Gasteiger charge is 1.83.